The number of anilines is 3. The maximum absolute atomic E-state index is 6.39. The van der Waals surface area contributed by atoms with Gasteiger partial charge in [-0.3, -0.25) is 0 Å². The predicted molar refractivity (Wildman–Crippen MR) is 185 cm³/mol. The highest BCUT2D eigenvalue weighted by molar-refractivity contribution is 6.07. The van der Waals surface area contributed by atoms with Crippen molar-refractivity contribution >= 4 is 39.0 Å². The Bertz CT molecular complexity index is 2410. The lowest BCUT2D eigenvalue weighted by molar-refractivity contribution is 0.669. The van der Waals surface area contributed by atoms with Gasteiger partial charge in [0, 0.05) is 33.8 Å². The Labute approximate surface area is 261 Å². The molecule has 0 bridgehead atoms. The van der Waals surface area contributed by atoms with Crippen molar-refractivity contribution in [3.8, 4) is 22.3 Å². The molecule has 2 aliphatic rings. The number of benzene rings is 7. The van der Waals surface area contributed by atoms with Crippen LogP contribution >= 0.6 is 0 Å². The maximum Gasteiger partial charge on any atom is 0.137 e. The van der Waals surface area contributed by atoms with Gasteiger partial charge in [-0.05, 0) is 75.3 Å². The third-order valence-electron chi connectivity index (χ3n) is 9.88. The fraction of sp³-hybridized carbons (Fsp3) is 0.0233. The number of fused-ring (bicyclic) bond motifs is 13. The van der Waals surface area contributed by atoms with Gasteiger partial charge in [-0.2, -0.15) is 0 Å². The Morgan fingerprint density at radius 3 is 1.73 bits per heavy atom. The van der Waals surface area contributed by atoms with Gasteiger partial charge >= 0.3 is 0 Å². The number of para-hydroxylation sites is 2. The topological polar surface area (TPSA) is 16.4 Å². The highest BCUT2D eigenvalue weighted by Gasteiger charge is 2.52. The summed E-state index contributed by atoms with van der Waals surface area (Å²) in [6.45, 7) is 0. The van der Waals surface area contributed by atoms with E-state index in [0.29, 0.717) is 0 Å². The summed E-state index contributed by atoms with van der Waals surface area (Å²) in [5, 5.41) is 2.27. The van der Waals surface area contributed by atoms with E-state index in [2.05, 4.69) is 157 Å². The van der Waals surface area contributed by atoms with E-state index >= 15 is 0 Å². The molecule has 0 atom stereocenters. The van der Waals surface area contributed by atoms with Crippen molar-refractivity contribution in [3.05, 3.63) is 186 Å². The second-order valence-corrected chi connectivity index (χ2v) is 12.0. The number of furan rings is 1. The second-order valence-electron chi connectivity index (χ2n) is 12.0. The van der Waals surface area contributed by atoms with Crippen molar-refractivity contribution in [1.29, 1.82) is 0 Å². The van der Waals surface area contributed by atoms with Crippen LogP contribution in [-0.4, -0.2) is 0 Å². The second kappa shape index (κ2) is 9.07. The third kappa shape index (κ3) is 3.18. The van der Waals surface area contributed by atoms with Crippen molar-refractivity contribution in [3.63, 3.8) is 0 Å². The van der Waals surface area contributed by atoms with E-state index in [1.165, 1.54) is 44.5 Å². The molecule has 0 radical (unpaired) electrons. The summed E-state index contributed by atoms with van der Waals surface area (Å²) in [6.07, 6.45) is 0. The third-order valence-corrected chi connectivity index (χ3v) is 9.88. The fourth-order valence-electron chi connectivity index (χ4n) is 8.17. The highest BCUT2D eigenvalue weighted by Crippen LogP contribution is 2.64. The molecule has 0 amide bonds. The summed E-state index contributed by atoms with van der Waals surface area (Å²) >= 11 is 0. The van der Waals surface area contributed by atoms with Crippen molar-refractivity contribution in [2.75, 3.05) is 4.90 Å². The lowest BCUT2D eigenvalue weighted by atomic mass is 9.70. The molecule has 1 heterocycles. The molecule has 210 valence electrons. The molecule has 0 unspecified atom stereocenters. The molecule has 0 aliphatic heterocycles. The van der Waals surface area contributed by atoms with Gasteiger partial charge in [0.15, 0.2) is 0 Å². The first-order chi connectivity index (χ1) is 22.3. The number of rotatable bonds is 3. The van der Waals surface area contributed by atoms with Crippen LogP contribution in [0.15, 0.2) is 168 Å². The van der Waals surface area contributed by atoms with E-state index in [1.807, 2.05) is 12.1 Å². The molecule has 45 heavy (non-hydrogen) atoms. The Kier molecular flexibility index (Phi) is 4.95. The van der Waals surface area contributed by atoms with Gasteiger partial charge in [-0.15, -0.1) is 0 Å². The number of hydrogen-bond acceptors (Lipinski definition) is 2. The van der Waals surface area contributed by atoms with Crippen LogP contribution in [0.5, 0.6) is 0 Å². The SMILES string of the molecule is c1ccc(N(c2ccc3c(c2)oc2ccccc23)c2cccc3c2-c2ccccc2C32c3ccccc3-c3ccccc32)cc1. The van der Waals surface area contributed by atoms with Gasteiger partial charge in [-0.25, -0.2) is 0 Å². The van der Waals surface area contributed by atoms with Gasteiger partial charge in [0.2, 0.25) is 0 Å². The summed E-state index contributed by atoms with van der Waals surface area (Å²) in [7, 11) is 0. The van der Waals surface area contributed by atoms with Crippen molar-refractivity contribution in [2.24, 2.45) is 0 Å². The molecule has 8 aromatic rings. The first-order valence-corrected chi connectivity index (χ1v) is 15.5. The standard InChI is InChI=1S/C43H27NO/c1-2-13-28(14-3-1)44(29-25-26-33-32-17-7-11-24-40(32)45-41(33)27-29)39-23-12-22-38-42(39)34-18-6-10-21-37(34)43(38)35-19-8-4-15-30(35)31-16-5-9-20-36(31)43/h1-27H. The summed E-state index contributed by atoms with van der Waals surface area (Å²) in [6, 6.07) is 59.4. The van der Waals surface area contributed by atoms with E-state index in [4.69, 9.17) is 4.42 Å². The largest absolute Gasteiger partial charge is 0.456 e. The molecule has 2 nitrogen and oxygen atoms in total. The van der Waals surface area contributed by atoms with E-state index in [0.717, 1.165) is 39.0 Å². The van der Waals surface area contributed by atoms with E-state index in [1.54, 1.807) is 0 Å². The summed E-state index contributed by atoms with van der Waals surface area (Å²) < 4.78 is 6.39. The highest BCUT2D eigenvalue weighted by atomic mass is 16.3. The smallest absolute Gasteiger partial charge is 0.137 e. The Hall–Kier alpha value is -5.86. The van der Waals surface area contributed by atoms with Crippen LogP contribution in [0.1, 0.15) is 22.3 Å². The predicted octanol–water partition coefficient (Wildman–Crippen LogP) is 11.4. The Balaban J connectivity index is 1.29. The van der Waals surface area contributed by atoms with E-state index in [9.17, 15) is 0 Å². The van der Waals surface area contributed by atoms with Gasteiger partial charge in [0.25, 0.3) is 0 Å². The minimum absolute atomic E-state index is 0.389. The molecule has 7 aromatic carbocycles. The number of nitrogens with zero attached hydrogens (tertiary/aromatic N) is 1. The quantitative estimate of drug-likeness (QED) is 0.209. The lowest BCUT2D eigenvalue weighted by Crippen LogP contribution is -2.26. The molecular weight excluding hydrogens is 546 g/mol. The molecule has 0 saturated heterocycles. The van der Waals surface area contributed by atoms with Crippen LogP contribution in [0.25, 0.3) is 44.2 Å². The first kappa shape index (κ1) is 24.6. The molecular formula is C43H27NO. The first-order valence-electron chi connectivity index (χ1n) is 15.5. The molecule has 1 spiro atoms. The van der Waals surface area contributed by atoms with Gasteiger partial charge in [0.1, 0.15) is 11.2 Å². The Morgan fingerprint density at radius 2 is 0.978 bits per heavy atom. The average molecular weight is 574 g/mol. The minimum atomic E-state index is -0.389. The molecule has 0 fully saturated rings. The molecule has 1 aromatic heterocycles. The summed E-state index contributed by atoms with van der Waals surface area (Å²) in [4.78, 5) is 2.40. The van der Waals surface area contributed by atoms with Crippen molar-refractivity contribution in [2.45, 2.75) is 5.41 Å². The zero-order chi connectivity index (χ0) is 29.5. The van der Waals surface area contributed by atoms with Crippen LogP contribution in [0.3, 0.4) is 0 Å². The molecule has 2 heteroatoms. The van der Waals surface area contributed by atoms with Gasteiger partial charge in [0.05, 0.1) is 11.1 Å². The molecule has 0 N–H and O–H groups in total. The summed E-state index contributed by atoms with van der Waals surface area (Å²) in [5.41, 5.74) is 15.3. The van der Waals surface area contributed by atoms with E-state index < -0.39 is 0 Å². The van der Waals surface area contributed by atoms with Crippen molar-refractivity contribution in [1.82, 2.24) is 0 Å². The van der Waals surface area contributed by atoms with Gasteiger partial charge in [-0.1, -0.05) is 121 Å². The van der Waals surface area contributed by atoms with Crippen LogP contribution in [0, 0.1) is 0 Å². The Morgan fingerprint density at radius 1 is 0.400 bits per heavy atom. The molecule has 10 rings (SSSR count). The van der Waals surface area contributed by atoms with Crippen LogP contribution < -0.4 is 4.90 Å². The summed E-state index contributed by atoms with van der Waals surface area (Å²) in [5.74, 6) is 0. The van der Waals surface area contributed by atoms with Crippen LogP contribution in [0.2, 0.25) is 0 Å². The average Bonchev–Trinajstić information content (AvgIpc) is 3.73. The lowest BCUT2D eigenvalue weighted by Gasteiger charge is -2.31. The van der Waals surface area contributed by atoms with Crippen molar-refractivity contribution < 1.29 is 4.42 Å². The molecule has 0 saturated carbocycles. The molecule has 2 aliphatic carbocycles. The van der Waals surface area contributed by atoms with Gasteiger partial charge < -0.3 is 9.32 Å². The normalized spacial score (nSPS) is 13.5. The number of hydrogen-bond donors (Lipinski definition) is 0. The fourth-order valence-corrected chi connectivity index (χ4v) is 8.17. The minimum Gasteiger partial charge on any atom is -0.456 e. The monoisotopic (exact) mass is 573 g/mol. The van der Waals surface area contributed by atoms with E-state index in [-0.39, 0.29) is 5.41 Å². The zero-order valence-corrected chi connectivity index (χ0v) is 24.4. The van der Waals surface area contributed by atoms with Crippen LogP contribution in [0.4, 0.5) is 17.1 Å². The maximum atomic E-state index is 6.39. The zero-order valence-electron chi connectivity index (χ0n) is 24.4. The van der Waals surface area contributed by atoms with Crippen LogP contribution in [-0.2, 0) is 5.41 Å².